The molecule has 0 amide bonds. The van der Waals surface area contributed by atoms with Crippen LogP contribution in [0.25, 0.3) is 0 Å². The van der Waals surface area contributed by atoms with Gasteiger partial charge in [-0.15, -0.1) is 0 Å². The Morgan fingerprint density at radius 1 is 1.11 bits per heavy atom. The predicted octanol–water partition coefficient (Wildman–Crippen LogP) is 4.49. The molecule has 0 aromatic heterocycles. The van der Waals surface area contributed by atoms with Gasteiger partial charge in [-0.3, -0.25) is 0 Å². The molecule has 1 atom stereocenters. The van der Waals surface area contributed by atoms with Gasteiger partial charge in [-0.05, 0) is 50.5 Å². The van der Waals surface area contributed by atoms with Crippen molar-refractivity contribution in [1.82, 2.24) is 0 Å². The van der Waals surface area contributed by atoms with E-state index < -0.39 is 0 Å². The van der Waals surface area contributed by atoms with Crippen LogP contribution in [0.2, 0.25) is 0 Å². The zero-order valence-corrected chi connectivity index (χ0v) is 11.7. The van der Waals surface area contributed by atoms with Gasteiger partial charge in [0.15, 0.2) is 0 Å². The average molecular weight is 257 g/mol. The molecule has 0 fully saturated rings. The van der Waals surface area contributed by atoms with Crippen molar-refractivity contribution in [3.05, 3.63) is 65.0 Å². The second-order valence-corrected chi connectivity index (χ2v) is 5.16. The summed E-state index contributed by atoms with van der Waals surface area (Å²) >= 11 is 0. The highest BCUT2D eigenvalue weighted by Gasteiger charge is 2.08. The molecule has 0 aliphatic heterocycles. The molecule has 1 nitrogen and oxygen atoms in total. The zero-order chi connectivity index (χ0) is 13.8. The van der Waals surface area contributed by atoms with Crippen LogP contribution in [0, 0.1) is 19.7 Å². The summed E-state index contributed by atoms with van der Waals surface area (Å²) < 4.78 is 13.6. The van der Waals surface area contributed by atoms with Crippen LogP contribution in [0.5, 0.6) is 0 Å². The fraction of sp³-hybridized carbons (Fsp3) is 0.294. The highest BCUT2D eigenvalue weighted by Crippen LogP contribution is 2.18. The Morgan fingerprint density at radius 3 is 2.53 bits per heavy atom. The van der Waals surface area contributed by atoms with Crippen LogP contribution in [-0.4, -0.2) is 6.04 Å². The highest BCUT2D eigenvalue weighted by atomic mass is 19.1. The molecule has 0 saturated carbocycles. The first-order valence-electron chi connectivity index (χ1n) is 6.63. The molecule has 0 bridgehead atoms. The largest absolute Gasteiger partial charge is 0.382 e. The van der Waals surface area contributed by atoms with Crippen molar-refractivity contribution in [3.63, 3.8) is 0 Å². The van der Waals surface area contributed by atoms with Crippen molar-refractivity contribution >= 4 is 5.69 Å². The van der Waals surface area contributed by atoms with Crippen molar-refractivity contribution < 1.29 is 4.39 Å². The van der Waals surface area contributed by atoms with Crippen molar-refractivity contribution in [2.45, 2.75) is 33.2 Å². The fourth-order valence-electron chi connectivity index (χ4n) is 2.29. The maximum absolute atomic E-state index is 13.6. The Kier molecular flexibility index (Phi) is 4.20. The van der Waals surface area contributed by atoms with E-state index in [9.17, 15) is 4.39 Å². The van der Waals surface area contributed by atoms with E-state index in [4.69, 9.17) is 0 Å². The Hall–Kier alpha value is -1.83. The van der Waals surface area contributed by atoms with Crippen LogP contribution in [0.1, 0.15) is 23.6 Å². The number of rotatable bonds is 4. The Morgan fingerprint density at radius 2 is 1.84 bits per heavy atom. The molecule has 2 aromatic rings. The normalized spacial score (nSPS) is 12.2. The molecule has 1 N–H and O–H groups in total. The summed E-state index contributed by atoms with van der Waals surface area (Å²) in [5, 5.41) is 3.45. The van der Waals surface area contributed by atoms with Crippen molar-refractivity contribution in [2.24, 2.45) is 0 Å². The molecule has 0 saturated heterocycles. The van der Waals surface area contributed by atoms with Gasteiger partial charge in [-0.25, -0.2) is 4.39 Å². The summed E-state index contributed by atoms with van der Waals surface area (Å²) in [6.45, 7) is 6.25. The van der Waals surface area contributed by atoms with Crippen LogP contribution in [-0.2, 0) is 6.42 Å². The number of aryl methyl sites for hydroxylation is 2. The molecule has 0 radical (unpaired) electrons. The van der Waals surface area contributed by atoms with Crippen LogP contribution in [0.4, 0.5) is 10.1 Å². The first-order chi connectivity index (χ1) is 9.06. The molecule has 1 unspecified atom stereocenters. The maximum atomic E-state index is 13.6. The van der Waals surface area contributed by atoms with Gasteiger partial charge in [0.25, 0.3) is 0 Å². The smallest absolute Gasteiger partial charge is 0.126 e. The number of nitrogens with one attached hydrogen (secondary N) is 1. The summed E-state index contributed by atoms with van der Waals surface area (Å²) in [6.07, 6.45) is 0.681. The molecule has 19 heavy (non-hydrogen) atoms. The lowest BCUT2D eigenvalue weighted by Crippen LogP contribution is -2.19. The lowest BCUT2D eigenvalue weighted by Gasteiger charge is -2.17. The minimum atomic E-state index is -0.128. The number of anilines is 1. The van der Waals surface area contributed by atoms with E-state index in [1.54, 1.807) is 6.07 Å². The molecular formula is C17H20FN. The molecule has 0 aliphatic carbocycles. The van der Waals surface area contributed by atoms with E-state index in [-0.39, 0.29) is 11.9 Å². The molecule has 2 aromatic carbocycles. The summed E-state index contributed by atoms with van der Waals surface area (Å²) in [5.41, 5.74) is 4.35. The quantitative estimate of drug-likeness (QED) is 0.851. The second kappa shape index (κ2) is 5.87. The number of hydrogen-bond donors (Lipinski definition) is 1. The summed E-state index contributed by atoms with van der Waals surface area (Å²) in [7, 11) is 0. The van der Waals surface area contributed by atoms with E-state index in [0.29, 0.717) is 6.42 Å². The standard InChI is InChI=1S/C17H20FN/c1-12-8-9-17(13(2)10-12)19-14(3)11-15-6-4-5-7-16(15)18/h4-10,14,19H,11H2,1-3H3. The van der Waals surface area contributed by atoms with E-state index >= 15 is 0 Å². The third-order valence-electron chi connectivity index (χ3n) is 3.27. The van der Waals surface area contributed by atoms with Gasteiger partial charge >= 0.3 is 0 Å². The maximum Gasteiger partial charge on any atom is 0.126 e. The minimum Gasteiger partial charge on any atom is -0.382 e. The third-order valence-corrected chi connectivity index (χ3v) is 3.27. The Bertz CT molecular complexity index is 563. The third kappa shape index (κ3) is 3.57. The summed E-state index contributed by atoms with van der Waals surface area (Å²) in [4.78, 5) is 0. The first-order valence-corrected chi connectivity index (χ1v) is 6.63. The van der Waals surface area contributed by atoms with Gasteiger partial charge in [-0.1, -0.05) is 35.9 Å². The van der Waals surface area contributed by atoms with E-state index in [1.807, 2.05) is 12.1 Å². The van der Waals surface area contributed by atoms with E-state index in [2.05, 4.69) is 44.3 Å². The van der Waals surface area contributed by atoms with Crippen molar-refractivity contribution in [3.8, 4) is 0 Å². The predicted molar refractivity (Wildman–Crippen MR) is 79.1 cm³/mol. The Balaban J connectivity index is 2.05. The zero-order valence-electron chi connectivity index (χ0n) is 11.7. The number of halogens is 1. The molecule has 2 rings (SSSR count). The summed E-state index contributed by atoms with van der Waals surface area (Å²) in [6, 6.07) is 13.5. The SMILES string of the molecule is Cc1ccc(NC(C)Cc2ccccc2F)c(C)c1. The molecule has 2 heteroatoms. The van der Waals surface area contributed by atoms with Crippen molar-refractivity contribution in [1.29, 1.82) is 0 Å². The van der Waals surface area contributed by atoms with Crippen LogP contribution >= 0.6 is 0 Å². The van der Waals surface area contributed by atoms with E-state index in [0.717, 1.165) is 11.3 Å². The minimum absolute atomic E-state index is 0.128. The van der Waals surface area contributed by atoms with Gasteiger partial charge < -0.3 is 5.32 Å². The van der Waals surface area contributed by atoms with Gasteiger partial charge in [-0.2, -0.15) is 0 Å². The topological polar surface area (TPSA) is 12.0 Å². The number of benzene rings is 2. The molecular weight excluding hydrogens is 237 g/mol. The van der Waals surface area contributed by atoms with Crippen molar-refractivity contribution in [2.75, 3.05) is 5.32 Å². The van der Waals surface area contributed by atoms with Crippen LogP contribution < -0.4 is 5.32 Å². The first kappa shape index (κ1) is 13.6. The lowest BCUT2D eigenvalue weighted by molar-refractivity contribution is 0.601. The van der Waals surface area contributed by atoms with Crippen LogP contribution in [0.3, 0.4) is 0 Å². The van der Waals surface area contributed by atoms with Gasteiger partial charge in [0, 0.05) is 11.7 Å². The highest BCUT2D eigenvalue weighted by molar-refractivity contribution is 5.52. The monoisotopic (exact) mass is 257 g/mol. The Labute approximate surface area is 114 Å². The van der Waals surface area contributed by atoms with E-state index in [1.165, 1.54) is 17.2 Å². The number of hydrogen-bond acceptors (Lipinski definition) is 1. The van der Waals surface area contributed by atoms with Crippen LogP contribution in [0.15, 0.2) is 42.5 Å². The lowest BCUT2D eigenvalue weighted by atomic mass is 10.1. The molecule has 100 valence electrons. The summed E-state index contributed by atoms with van der Waals surface area (Å²) in [5.74, 6) is -0.128. The van der Waals surface area contributed by atoms with Gasteiger partial charge in [0.05, 0.1) is 0 Å². The second-order valence-electron chi connectivity index (χ2n) is 5.16. The average Bonchev–Trinajstić information content (AvgIpc) is 2.36. The molecule has 0 spiro atoms. The van der Waals surface area contributed by atoms with Gasteiger partial charge in [0.2, 0.25) is 0 Å². The molecule has 0 heterocycles. The van der Waals surface area contributed by atoms with Gasteiger partial charge in [0.1, 0.15) is 5.82 Å². The fourth-order valence-corrected chi connectivity index (χ4v) is 2.29. The molecule has 0 aliphatic rings.